The number of carbonyl (C=O) groups is 1. The smallest absolute Gasteiger partial charge is 0.231 e. The van der Waals surface area contributed by atoms with Gasteiger partial charge in [0, 0.05) is 24.6 Å². The average molecular weight is 355 g/mol. The fourth-order valence-electron chi connectivity index (χ4n) is 2.53. The number of ether oxygens (including phenoxy) is 2. The number of aryl methyl sites for hydroxylation is 1. The van der Waals surface area contributed by atoms with Crippen LogP contribution in [0.2, 0.25) is 0 Å². The van der Waals surface area contributed by atoms with Crippen molar-refractivity contribution in [2.24, 2.45) is 0 Å². The van der Waals surface area contributed by atoms with Crippen LogP contribution in [0.5, 0.6) is 11.5 Å². The monoisotopic (exact) mass is 355 g/mol. The van der Waals surface area contributed by atoms with Crippen LogP contribution in [0.3, 0.4) is 0 Å². The van der Waals surface area contributed by atoms with Gasteiger partial charge in [-0.1, -0.05) is 17.3 Å². The highest BCUT2D eigenvalue weighted by molar-refractivity contribution is 5.91. The second-order valence-electron chi connectivity index (χ2n) is 5.61. The maximum absolute atomic E-state index is 13.7. The molecular weight excluding hydrogens is 341 g/mol. The predicted octanol–water partition coefficient (Wildman–Crippen LogP) is 3.18. The first-order valence-electron chi connectivity index (χ1n) is 7.96. The first kappa shape index (κ1) is 16.1. The lowest BCUT2D eigenvalue weighted by Crippen LogP contribution is -2.12. The number of nitrogens with zero attached hydrogens (tertiary/aromatic N) is 2. The lowest BCUT2D eigenvalue weighted by molar-refractivity contribution is -0.116. The fourth-order valence-corrected chi connectivity index (χ4v) is 2.53. The largest absolute Gasteiger partial charge is 0.454 e. The van der Waals surface area contributed by atoms with Gasteiger partial charge in [-0.3, -0.25) is 4.79 Å². The van der Waals surface area contributed by atoms with Gasteiger partial charge in [0.1, 0.15) is 5.82 Å². The zero-order valence-electron chi connectivity index (χ0n) is 13.6. The first-order valence-corrected chi connectivity index (χ1v) is 7.96. The van der Waals surface area contributed by atoms with E-state index in [9.17, 15) is 9.18 Å². The third-order valence-corrected chi connectivity index (χ3v) is 3.81. The van der Waals surface area contributed by atoms with Gasteiger partial charge in [-0.25, -0.2) is 4.39 Å². The summed E-state index contributed by atoms with van der Waals surface area (Å²) in [5.74, 6) is 1.03. The van der Waals surface area contributed by atoms with E-state index in [1.54, 1.807) is 36.4 Å². The van der Waals surface area contributed by atoms with Crippen LogP contribution in [0.4, 0.5) is 10.1 Å². The Hall–Kier alpha value is -3.42. The molecular formula is C18H14FN3O4. The number of amides is 1. The summed E-state index contributed by atoms with van der Waals surface area (Å²) in [4.78, 5) is 16.2. The molecule has 1 aromatic heterocycles. The molecule has 8 heteroatoms. The fraction of sp³-hybridized carbons (Fsp3) is 0.167. The molecule has 1 amide bonds. The van der Waals surface area contributed by atoms with Crippen molar-refractivity contribution >= 4 is 11.6 Å². The molecule has 1 N–H and O–H groups in total. The van der Waals surface area contributed by atoms with Gasteiger partial charge in [0.15, 0.2) is 11.5 Å². The number of rotatable bonds is 5. The molecule has 4 rings (SSSR count). The summed E-state index contributed by atoms with van der Waals surface area (Å²) in [5.41, 5.74) is 0.865. The van der Waals surface area contributed by atoms with Crippen molar-refractivity contribution in [2.75, 3.05) is 12.1 Å². The Morgan fingerprint density at radius 3 is 2.88 bits per heavy atom. The SMILES string of the molecule is O=C(CCc1nc(-c2ccccc2F)no1)Nc1ccc2c(c1)OCO2. The molecule has 0 spiro atoms. The lowest BCUT2D eigenvalue weighted by Gasteiger charge is -2.05. The highest BCUT2D eigenvalue weighted by Crippen LogP contribution is 2.34. The molecule has 0 atom stereocenters. The van der Waals surface area contributed by atoms with Crippen LogP contribution in [0.1, 0.15) is 12.3 Å². The van der Waals surface area contributed by atoms with E-state index in [0.29, 0.717) is 17.2 Å². The number of halogens is 1. The van der Waals surface area contributed by atoms with Crippen LogP contribution < -0.4 is 14.8 Å². The van der Waals surface area contributed by atoms with Crippen LogP contribution in [0.25, 0.3) is 11.4 Å². The highest BCUT2D eigenvalue weighted by Gasteiger charge is 2.16. The first-order chi connectivity index (χ1) is 12.7. The Morgan fingerprint density at radius 1 is 1.15 bits per heavy atom. The molecule has 0 bridgehead atoms. The van der Waals surface area contributed by atoms with Crippen molar-refractivity contribution in [3.05, 3.63) is 54.2 Å². The number of carbonyl (C=O) groups excluding carboxylic acids is 1. The Kier molecular flexibility index (Phi) is 4.22. The van der Waals surface area contributed by atoms with E-state index in [-0.39, 0.29) is 42.8 Å². The van der Waals surface area contributed by atoms with Crippen LogP contribution in [-0.2, 0) is 11.2 Å². The molecule has 0 radical (unpaired) electrons. The van der Waals surface area contributed by atoms with Crippen molar-refractivity contribution < 1.29 is 23.2 Å². The average Bonchev–Trinajstić information content (AvgIpc) is 3.29. The van der Waals surface area contributed by atoms with E-state index in [0.717, 1.165) is 0 Å². The van der Waals surface area contributed by atoms with Crippen LogP contribution in [-0.4, -0.2) is 22.8 Å². The zero-order valence-corrected chi connectivity index (χ0v) is 13.6. The molecule has 26 heavy (non-hydrogen) atoms. The lowest BCUT2D eigenvalue weighted by atomic mass is 10.2. The molecule has 1 aliphatic heterocycles. The van der Waals surface area contributed by atoms with Gasteiger partial charge in [0.2, 0.25) is 24.4 Å². The van der Waals surface area contributed by atoms with Gasteiger partial charge in [0.25, 0.3) is 0 Å². The predicted molar refractivity (Wildman–Crippen MR) is 89.2 cm³/mol. The number of anilines is 1. The number of hydrogen-bond acceptors (Lipinski definition) is 6. The summed E-state index contributed by atoms with van der Waals surface area (Å²) >= 11 is 0. The van der Waals surface area contributed by atoms with Gasteiger partial charge in [-0.2, -0.15) is 4.98 Å². The standard InChI is InChI=1S/C18H14FN3O4/c19-13-4-2-1-3-12(13)18-21-17(26-22-18)8-7-16(23)20-11-5-6-14-15(9-11)25-10-24-14/h1-6,9H,7-8,10H2,(H,20,23). The molecule has 0 aliphatic carbocycles. The summed E-state index contributed by atoms with van der Waals surface area (Å²) in [7, 11) is 0. The molecule has 1 aliphatic rings. The second kappa shape index (κ2) is 6.83. The molecule has 0 saturated heterocycles. The molecule has 2 aromatic carbocycles. The molecule has 0 unspecified atom stereocenters. The minimum absolute atomic E-state index is 0.146. The Balaban J connectivity index is 1.36. The number of hydrogen-bond donors (Lipinski definition) is 1. The topological polar surface area (TPSA) is 86.5 Å². The minimum Gasteiger partial charge on any atom is -0.454 e. The quantitative estimate of drug-likeness (QED) is 0.756. The third kappa shape index (κ3) is 3.34. The van der Waals surface area contributed by atoms with E-state index in [4.69, 9.17) is 14.0 Å². The van der Waals surface area contributed by atoms with Gasteiger partial charge in [-0.05, 0) is 24.3 Å². The summed E-state index contributed by atoms with van der Waals surface area (Å²) in [5, 5.41) is 6.53. The van der Waals surface area contributed by atoms with Crippen molar-refractivity contribution in [3.8, 4) is 22.9 Å². The number of benzene rings is 2. The maximum Gasteiger partial charge on any atom is 0.231 e. The maximum atomic E-state index is 13.7. The van der Waals surface area contributed by atoms with E-state index < -0.39 is 5.82 Å². The van der Waals surface area contributed by atoms with E-state index in [1.165, 1.54) is 6.07 Å². The summed E-state index contributed by atoms with van der Waals surface area (Å²) in [6, 6.07) is 11.3. The van der Waals surface area contributed by atoms with E-state index in [2.05, 4.69) is 15.5 Å². The van der Waals surface area contributed by atoms with Crippen molar-refractivity contribution in [3.63, 3.8) is 0 Å². The van der Waals surface area contributed by atoms with E-state index >= 15 is 0 Å². The van der Waals surface area contributed by atoms with Gasteiger partial charge >= 0.3 is 0 Å². The molecule has 2 heterocycles. The molecule has 0 fully saturated rings. The zero-order chi connectivity index (χ0) is 17.9. The van der Waals surface area contributed by atoms with E-state index in [1.807, 2.05) is 0 Å². The Labute approximate surface area is 147 Å². The summed E-state index contributed by atoms with van der Waals surface area (Å²) in [6.07, 6.45) is 0.394. The molecule has 132 valence electrons. The minimum atomic E-state index is -0.430. The second-order valence-corrected chi connectivity index (χ2v) is 5.61. The highest BCUT2D eigenvalue weighted by atomic mass is 19.1. The van der Waals surface area contributed by atoms with Crippen LogP contribution in [0, 0.1) is 5.82 Å². The molecule has 0 saturated carbocycles. The number of fused-ring (bicyclic) bond motifs is 1. The third-order valence-electron chi connectivity index (χ3n) is 3.81. The Bertz CT molecular complexity index is 957. The van der Waals surface area contributed by atoms with Crippen LogP contribution >= 0.6 is 0 Å². The van der Waals surface area contributed by atoms with Gasteiger partial charge in [-0.15, -0.1) is 0 Å². The van der Waals surface area contributed by atoms with Gasteiger partial charge < -0.3 is 19.3 Å². The molecule has 3 aromatic rings. The van der Waals surface area contributed by atoms with Gasteiger partial charge in [0.05, 0.1) is 5.56 Å². The number of nitrogens with one attached hydrogen (secondary N) is 1. The summed E-state index contributed by atoms with van der Waals surface area (Å²) < 4.78 is 29.3. The van der Waals surface area contributed by atoms with Crippen LogP contribution in [0.15, 0.2) is 47.0 Å². The summed E-state index contributed by atoms with van der Waals surface area (Å²) in [6.45, 7) is 0.175. The molecule has 7 nitrogen and oxygen atoms in total. The van der Waals surface area contributed by atoms with Crippen molar-refractivity contribution in [2.45, 2.75) is 12.8 Å². The Morgan fingerprint density at radius 2 is 2.00 bits per heavy atom. The van der Waals surface area contributed by atoms with Crippen molar-refractivity contribution in [1.29, 1.82) is 0 Å². The normalized spacial score (nSPS) is 12.2. The number of aromatic nitrogens is 2. The van der Waals surface area contributed by atoms with Crippen molar-refractivity contribution in [1.82, 2.24) is 10.1 Å².